The predicted molar refractivity (Wildman–Crippen MR) is 191 cm³/mol. The Bertz CT molecular complexity index is 645. The third-order valence-corrected chi connectivity index (χ3v) is 3.72. The van der Waals surface area contributed by atoms with Crippen LogP contribution >= 0.6 is 14.7 Å². The van der Waals surface area contributed by atoms with Crippen LogP contribution in [0.2, 0.25) is 0 Å². The molecule has 0 aliphatic carbocycles. The summed E-state index contributed by atoms with van der Waals surface area (Å²) < 4.78 is 29.6. The topological polar surface area (TPSA) is 147 Å². The first-order chi connectivity index (χ1) is 18.1. The summed E-state index contributed by atoms with van der Waals surface area (Å²) in [6.07, 6.45) is 2.00. The molecule has 0 unspecified atom stereocenters. The Morgan fingerprint density at radius 1 is 0.881 bits per heavy atom. The lowest BCUT2D eigenvalue weighted by molar-refractivity contribution is -0.120. The van der Waals surface area contributed by atoms with Crippen LogP contribution < -0.4 is 11.1 Å². The van der Waals surface area contributed by atoms with Crippen LogP contribution in [0.5, 0.6) is 0 Å². The lowest BCUT2D eigenvalue weighted by atomic mass is 10.1. The third kappa shape index (κ3) is 176. The molecule has 0 aromatic carbocycles. The highest BCUT2D eigenvalue weighted by molar-refractivity contribution is 7.61. The summed E-state index contributed by atoms with van der Waals surface area (Å²) in [4.78, 5) is 29.1. The fourth-order valence-corrected chi connectivity index (χ4v) is 0.952. The van der Waals surface area contributed by atoms with Gasteiger partial charge in [0.05, 0.1) is 13.0 Å². The van der Waals surface area contributed by atoms with Crippen LogP contribution in [-0.4, -0.2) is 143 Å². The molecule has 12 nitrogen and oxygen atoms in total. The number of amides is 2. The van der Waals surface area contributed by atoms with Gasteiger partial charge in [0.1, 0.15) is 0 Å². The summed E-state index contributed by atoms with van der Waals surface area (Å²) in [6.45, 7) is 20.2. The number of nitrogens with zero attached hydrogens (tertiary/aromatic N) is 4. The monoisotopic (exact) mass is 655 g/mol. The zero-order valence-corrected chi connectivity index (χ0v) is 32.8. The standard InChI is InChI=1S/C6H13NO.C5H12N2.C3H7NO.C3H9N.C3H9O3P.C3H9OP.C3H8.CH5N.CH4/c1-5(8)7-6(2,3)4;1-5(6-2)7(3)4;1-4(2)3-5;1-4(2)3;1-5-7(3,4)6-2;1-5(2,3)4;1-3-2;1-2;/h1-4H3,(H,7,8);1-4H3;3H,1-2H3;1-3H3;1-3H3;1-3H3;3H2,1-2H3;2H2,1H3;1H4. The Morgan fingerprint density at radius 2 is 1.10 bits per heavy atom. The summed E-state index contributed by atoms with van der Waals surface area (Å²) in [5, 5.41) is 2.74. The highest BCUT2D eigenvalue weighted by Crippen LogP contribution is 2.40. The zero-order valence-electron chi connectivity index (χ0n) is 31.0. The molecule has 0 atom stereocenters. The normalized spacial score (nSPS) is 9.67. The number of carbonyl (C=O) groups is 2. The van der Waals surface area contributed by atoms with Gasteiger partial charge in [-0.1, -0.05) is 27.7 Å². The molecular weight excluding hydrogens is 578 g/mol. The summed E-state index contributed by atoms with van der Waals surface area (Å²) >= 11 is 0. The van der Waals surface area contributed by atoms with Crippen LogP contribution in [0, 0.1) is 0 Å². The maximum Gasteiger partial charge on any atom is 0.327 e. The fourth-order valence-electron chi connectivity index (χ4n) is 0.803. The first kappa shape index (κ1) is 63.8. The van der Waals surface area contributed by atoms with Crippen LogP contribution in [0.3, 0.4) is 0 Å². The van der Waals surface area contributed by atoms with Crippen LogP contribution in [0.25, 0.3) is 0 Å². The van der Waals surface area contributed by atoms with E-state index in [1.54, 1.807) is 41.1 Å². The molecule has 0 aromatic heterocycles. The first-order valence-corrected chi connectivity index (χ1v) is 18.1. The molecule has 14 heteroatoms. The van der Waals surface area contributed by atoms with Gasteiger partial charge < -0.3 is 39.4 Å². The summed E-state index contributed by atoms with van der Waals surface area (Å²) in [5.74, 6) is 1.08. The number of nitrogens with one attached hydrogen (secondary N) is 1. The van der Waals surface area contributed by atoms with Crippen molar-refractivity contribution < 1.29 is 27.8 Å². The zero-order chi connectivity index (χ0) is 35.6. The van der Waals surface area contributed by atoms with E-state index in [1.807, 2.05) is 72.7 Å². The van der Waals surface area contributed by atoms with Crippen molar-refractivity contribution in [1.29, 1.82) is 0 Å². The first-order valence-electron chi connectivity index (χ1n) is 13.1. The van der Waals surface area contributed by atoms with E-state index in [-0.39, 0.29) is 18.9 Å². The van der Waals surface area contributed by atoms with Gasteiger partial charge in [-0.05, 0) is 75.9 Å². The molecule has 0 radical (unpaired) electrons. The smallest absolute Gasteiger partial charge is 0.327 e. The van der Waals surface area contributed by atoms with Crippen LogP contribution in [-0.2, 0) is 27.8 Å². The van der Waals surface area contributed by atoms with Gasteiger partial charge in [0.25, 0.3) is 0 Å². The van der Waals surface area contributed by atoms with Crippen LogP contribution in [0.15, 0.2) is 4.99 Å². The van der Waals surface area contributed by atoms with Crippen molar-refractivity contribution in [3.05, 3.63) is 0 Å². The Kier molecular flexibility index (Phi) is 63.6. The van der Waals surface area contributed by atoms with Crippen molar-refractivity contribution in [3.8, 4) is 0 Å². The number of hydrogen-bond donors (Lipinski definition) is 2. The fraction of sp³-hybridized carbons (Fsp3) is 0.893. The van der Waals surface area contributed by atoms with Gasteiger partial charge >= 0.3 is 7.60 Å². The summed E-state index contributed by atoms with van der Waals surface area (Å²) in [5.41, 5.74) is 4.42. The number of carbonyl (C=O) groups excluding carboxylic acids is 2. The second kappa shape index (κ2) is 41.8. The van der Waals surface area contributed by atoms with E-state index in [0.29, 0.717) is 0 Å². The Hall–Kier alpha value is -1.29. The van der Waals surface area contributed by atoms with Crippen molar-refractivity contribution in [1.82, 2.24) is 20.0 Å². The second-order valence-corrected chi connectivity index (χ2v) is 16.8. The highest BCUT2D eigenvalue weighted by Gasteiger charge is 2.09. The molecular formula is C28H76N6O6P2. The molecule has 0 aliphatic heterocycles. The summed E-state index contributed by atoms with van der Waals surface area (Å²) in [7, 11) is 15.0. The van der Waals surface area contributed by atoms with Gasteiger partial charge in [-0.25, -0.2) is 0 Å². The number of aliphatic imine (C=N–C) groups is 1. The molecule has 42 heavy (non-hydrogen) atoms. The Balaban J connectivity index is -0.0000000434. The van der Waals surface area contributed by atoms with E-state index in [9.17, 15) is 18.7 Å². The van der Waals surface area contributed by atoms with Gasteiger partial charge in [0.2, 0.25) is 12.3 Å². The number of nitrogens with two attached hydrogens (primary N) is 1. The average Bonchev–Trinajstić information content (AvgIpc) is 2.78. The number of amidine groups is 1. The SMILES string of the molecule is C.CC(=O)NC(C)(C)C.CCC.CN.CN(C)C.CN(C)C=O.CN=C(C)N(C)C.COP(C)(=O)OC.CP(C)(C)=O. The van der Waals surface area contributed by atoms with Crippen molar-refractivity contribution >= 4 is 32.9 Å². The van der Waals surface area contributed by atoms with Gasteiger partial charge in [-0.15, -0.1) is 0 Å². The average molecular weight is 655 g/mol. The minimum absolute atomic E-state index is 0. The molecule has 0 saturated heterocycles. The predicted octanol–water partition coefficient (Wildman–Crippen LogP) is 5.37. The Morgan fingerprint density at radius 3 is 1.10 bits per heavy atom. The molecule has 3 N–H and O–H groups in total. The van der Waals surface area contributed by atoms with Gasteiger partial charge in [0, 0.05) is 68.6 Å². The third-order valence-electron chi connectivity index (χ3n) is 2.40. The van der Waals surface area contributed by atoms with Crippen molar-refractivity contribution in [2.75, 3.05) is 104 Å². The van der Waals surface area contributed by atoms with E-state index >= 15 is 0 Å². The lowest BCUT2D eigenvalue weighted by Crippen LogP contribution is -2.38. The molecule has 2 amide bonds. The minimum Gasteiger partial charge on any atom is -0.367 e. The molecule has 0 spiro atoms. The van der Waals surface area contributed by atoms with Crippen molar-refractivity contribution in [2.24, 2.45) is 10.7 Å². The molecule has 0 aliphatic rings. The quantitative estimate of drug-likeness (QED) is 0.177. The molecule has 264 valence electrons. The molecule has 0 bridgehead atoms. The summed E-state index contributed by atoms with van der Waals surface area (Å²) in [6, 6.07) is 0. The van der Waals surface area contributed by atoms with Crippen molar-refractivity contribution in [2.45, 2.75) is 67.9 Å². The molecule has 0 fully saturated rings. The van der Waals surface area contributed by atoms with E-state index in [0.717, 1.165) is 12.2 Å². The number of hydrogen-bond acceptors (Lipinski definition) is 9. The van der Waals surface area contributed by atoms with E-state index in [4.69, 9.17) is 0 Å². The molecule has 0 heterocycles. The van der Waals surface area contributed by atoms with Crippen LogP contribution in [0.1, 0.15) is 62.3 Å². The van der Waals surface area contributed by atoms with Crippen molar-refractivity contribution in [3.63, 3.8) is 0 Å². The van der Waals surface area contributed by atoms with Gasteiger partial charge in [-0.3, -0.25) is 19.1 Å². The van der Waals surface area contributed by atoms with Gasteiger partial charge in [-0.2, -0.15) is 0 Å². The van der Waals surface area contributed by atoms with E-state index in [1.165, 1.54) is 46.2 Å². The minimum atomic E-state index is -2.65. The number of rotatable bonds is 3. The van der Waals surface area contributed by atoms with E-state index in [2.05, 4.69) is 38.9 Å². The molecule has 0 rings (SSSR count). The lowest BCUT2D eigenvalue weighted by Gasteiger charge is -2.18. The van der Waals surface area contributed by atoms with E-state index < -0.39 is 14.7 Å². The Labute approximate surface area is 263 Å². The maximum absolute atomic E-state index is 10.5. The van der Waals surface area contributed by atoms with Crippen LogP contribution in [0.4, 0.5) is 0 Å². The molecule has 0 saturated carbocycles. The van der Waals surface area contributed by atoms with Gasteiger partial charge in [0.15, 0.2) is 0 Å². The second-order valence-electron chi connectivity index (χ2n) is 10.7. The largest absolute Gasteiger partial charge is 0.367 e. The highest BCUT2D eigenvalue weighted by atomic mass is 31.2. The molecule has 0 aromatic rings. The maximum atomic E-state index is 10.5.